The second kappa shape index (κ2) is 23.0. The first kappa shape index (κ1) is 48.8. The van der Waals surface area contributed by atoms with Gasteiger partial charge in [0.25, 0.3) is 11.8 Å². The normalized spacial score (nSPS) is 14.6. The third kappa shape index (κ3) is 11.9. The summed E-state index contributed by atoms with van der Waals surface area (Å²) in [5.74, 6) is -0.129. The van der Waals surface area contributed by atoms with Crippen LogP contribution in [0.1, 0.15) is 133 Å². The van der Waals surface area contributed by atoms with Gasteiger partial charge in [0.2, 0.25) is 0 Å². The highest BCUT2D eigenvalue weighted by Crippen LogP contribution is 2.39. The van der Waals surface area contributed by atoms with E-state index < -0.39 is 0 Å². The summed E-state index contributed by atoms with van der Waals surface area (Å²) in [6.07, 6.45) is 21.9. The SMILES string of the molecule is CCC/C=C/c1ccc(-c2c(C)c(C(=O)N3CCCCC3)nn2-c2ccc(Cl)cc2Cl)s1.CCC/C=C/c1ccc(-c2c(C)c(C(=O)NC3CCCCC3)nn2-c2ccc(Cl)cc2Cl)s1. The van der Waals surface area contributed by atoms with Gasteiger partial charge >= 0.3 is 0 Å². The van der Waals surface area contributed by atoms with E-state index in [1.54, 1.807) is 56.3 Å². The molecule has 2 aliphatic rings. The Balaban J connectivity index is 0.000000194. The van der Waals surface area contributed by atoms with Crippen LogP contribution in [0.15, 0.2) is 72.8 Å². The number of hydrogen-bond acceptors (Lipinski definition) is 6. The highest BCUT2D eigenvalue weighted by atomic mass is 35.5. The Bertz CT molecular complexity index is 2660. The average molecular weight is 991 g/mol. The van der Waals surface area contributed by atoms with Gasteiger partial charge in [-0.25, -0.2) is 9.36 Å². The zero-order valence-corrected chi connectivity index (χ0v) is 42.1. The molecule has 4 aromatic heterocycles. The summed E-state index contributed by atoms with van der Waals surface area (Å²) in [6.45, 7) is 9.85. The van der Waals surface area contributed by atoms with Crippen LogP contribution in [0.2, 0.25) is 20.1 Å². The van der Waals surface area contributed by atoms with E-state index in [0.717, 1.165) is 110 Å². The van der Waals surface area contributed by atoms with Crippen LogP contribution in [-0.4, -0.2) is 55.4 Å². The number of nitrogens with one attached hydrogen (secondary N) is 1. The molecule has 14 heteroatoms. The Morgan fingerprint density at radius 2 is 1.14 bits per heavy atom. The molecule has 8 rings (SSSR count). The van der Waals surface area contributed by atoms with Gasteiger partial charge in [0.15, 0.2) is 11.4 Å². The van der Waals surface area contributed by atoms with E-state index in [0.29, 0.717) is 42.9 Å². The van der Waals surface area contributed by atoms with Gasteiger partial charge in [0.05, 0.1) is 42.6 Å². The molecule has 8 nitrogen and oxygen atoms in total. The zero-order chi connectivity index (χ0) is 46.0. The van der Waals surface area contributed by atoms with Crippen LogP contribution in [0.3, 0.4) is 0 Å². The molecule has 0 unspecified atom stereocenters. The summed E-state index contributed by atoms with van der Waals surface area (Å²) in [6, 6.07) is 19.3. The molecule has 342 valence electrons. The van der Waals surface area contributed by atoms with Gasteiger partial charge in [0.1, 0.15) is 0 Å². The van der Waals surface area contributed by atoms with Crippen molar-refractivity contribution < 1.29 is 9.59 Å². The van der Waals surface area contributed by atoms with Crippen LogP contribution in [0.5, 0.6) is 0 Å². The Morgan fingerprint density at radius 1 is 0.662 bits per heavy atom. The third-order valence-electron chi connectivity index (χ3n) is 11.7. The number of hydrogen-bond donors (Lipinski definition) is 1. The monoisotopic (exact) mass is 988 g/mol. The summed E-state index contributed by atoms with van der Waals surface area (Å²) in [5, 5.41) is 14.9. The van der Waals surface area contributed by atoms with Crippen molar-refractivity contribution in [2.24, 2.45) is 0 Å². The molecule has 5 heterocycles. The van der Waals surface area contributed by atoms with Gasteiger partial charge in [-0.1, -0.05) is 105 Å². The molecule has 65 heavy (non-hydrogen) atoms. The first-order valence-corrected chi connectivity index (χ1v) is 25.9. The molecular formula is C51H56Cl4N6O2S2. The minimum absolute atomic E-state index is 0.00749. The zero-order valence-electron chi connectivity index (χ0n) is 37.4. The van der Waals surface area contributed by atoms with Crippen molar-refractivity contribution in [2.45, 2.75) is 111 Å². The van der Waals surface area contributed by atoms with Gasteiger partial charge in [-0.3, -0.25) is 9.59 Å². The van der Waals surface area contributed by atoms with Crippen LogP contribution in [0, 0.1) is 13.8 Å². The number of aromatic nitrogens is 4. The number of thiophene rings is 2. The maximum Gasteiger partial charge on any atom is 0.274 e. The van der Waals surface area contributed by atoms with Crippen molar-refractivity contribution in [3.8, 4) is 32.5 Å². The third-order valence-corrected chi connectivity index (χ3v) is 14.9. The fraction of sp³-hybridized carbons (Fsp3) is 0.373. The molecule has 6 aromatic rings. The minimum atomic E-state index is -0.121. The standard InChI is InChI=1S/C26H29Cl2N3OS.C25H27Cl2N3OS/c1-3-4-6-11-20-13-15-23(33-20)25-17(2)24(26(32)29-19-9-7-5-8-10-19)30-31(25)22-14-12-18(27)16-21(22)28;1-3-4-6-9-19-11-13-22(32-19)24-17(2)23(25(31)29-14-7-5-8-15-29)28-30(24)21-12-10-18(26)16-20(21)27/h6,11-16,19H,3-5,7-10H2,1-2H3,(H,29,32);6,9-13,16H,3-5,7-8,14-15H2,1-2H3/b11-6+;9-6+. The van der Waals surface area contributed by atoms with Crippen molar-refractivity contribution in [1.82, 2.24) is 29.8 Å². The highest BCUT2D eigenvalue weighted by Gasteiger charge is 2.29. The molecule has 2 aromatic carbocycles. The largest absolute Gasteiger partial charge is 0.348 e. The van der Waals surface area contributed by atoms with E-state index in [1.165, 1.54) is 22.6 Å². The summed E-state index contributed by atoms with van der Waals surface area (Å²) in [7, 11) is 0. The Labute approximate surface area is 411 Å². The number of unbranched alkanes of at least 4 members (excludes halogenated alkanes) is 2. The molecule has 0 spiro atoms. The lowest BCUT2D eigenvalue weighted by Gasteiger charge is -2.26. The molecule has 1 aliphatic carbocycles. The first-order chi connectivity index (χ1) is 31.5. The molecule has 1 saturated carbocycles. The Hall–Kier alpha value is -4.16. The van der Waals surface area contributed by atoms with Crippen LogP contribution in [0.25, 0.3) is 44.7 Å². The topological polar surface area (TPSA) is 85.1 Å². The molecule has 0 bridgehead atoms. The summed E-state index contributed by atoms with van der Waals surface area (Å²) in [4.78, 5) is 32.9. The van der Waals surface area contributed by atoms with Crippen molar-refractivity contribution in [3.63, 3.8) is 0 Å². The Kier molecular flexibility index (Phi) is 17.3. The van der Waals surface area contributed by atoms with Crippen molar-refractivity contribution in [2.75, 3.05) is 13.1 Å². The van der Waals surface area contributed by atoms with Crippen molar-refractivity contribution >= 4 is 93.0 Å². The number of nitrogens with zero attached hydrogens (tertiary/aromatic N) is 5. The predicted octanol–water partition coefficient (Wildman–Crippen LogP) is 15.7. The highest BCUT2D eigenvalue weighted by molar-refractivity contribution is 7.16. The van der Waals surface area contributed by atoms with Crippen LogP contribution >= 0.6 is 69.1 Å². The van der Waals surface area contributed by atoms with Gasteiger partial charge < -0.3 is 10.2 Å². The summed E-state index contributed by atoms with van der Waals surface area (Å²) < 4.78 is 3.59. The fourth-order valence-corrected chi connectivity index (χ4v) is 11.3. The van der Waals surface area contributed by atoms with Gasteiger partial charge in [-0.15, -0.1) is 22.7 Å². The number of carbonyl (C=O) groups is 2. The van der Waals surface area contributed by atoms with E-state index in [2.05, 4.69) is 67.7 Å². The second-order valence-corrected chi connectivity index (χ2v) is 20.5. The maximum atomic E-state index is 13.4. The first-order valence-electron chi connectivity index (χ1n) is 22.7. The summed E-state index contributed by atoms with van der Waals surface area (Å²) >= 11 is 28.7. The van der Waals surface area contributed by atoms with Crippen LogP contribution in [0.4, 0.5) is 0 Å². The number of carbonyl (C=O) groups excluding carboxylic acids is 2. The second-order valence-electron chi connectivity index (χ2n) is 16.6. The molecule has 0 atom stereocenters. The molecular weight excluding hydrogens is 935 g/mol. The lowest BCUT2D eigenvalue weighted by atomic mass is 9.95. The van der Waals surface area contributed by atoms with Crippen molar-refractivity contribution in [1.29, 1.82) is 0 Å². The quantitative estimate of drug-likeness (QED) is 0.125. The molecule has 2 amide bonds. The van der Waals surface area contributed by atoms with E-state index in [9.17, 15) is 9.59 Å². The lowest BCUT2D eigenvalue weighted by Crippen LogP contribution is -2.36. The number of rotatable bonds is 13. The number of halogens is 4. The molecule has 1 N–H and O–H groups in total. The molecule has 0 radical (unpaired) electrons. The van der Waals surface area contributed by atoms with Gasteiger partial charge in [-0.05, 0) is 132 Å². The average Bonchev–Trinajstić information content (AvgIpc) is 4.10. The predicted molar refractivity (Wildman–Crippen MR) is 275 cm³/mol. The molecule has 1 aliphatic heterocycles. The van der Waals surface area contributed by atoms with E-state index in [1.807, 2.05) is 30.9 Å². The number of piperidine rings is 1. The number of allylic oxidation sites excluding steroid dienone is 2. The van der Waals surface area contributed by atoms with Crippen LogP contribution in [-0.2, 0) is 0 Å². The van der Waals surface area contributed by atoms with Gasteiger partial charge in [-0.2, -0.15) is 10.2 Å². The Morgan fingerprint density at radius 3 is 1.63 bits per heavy atom. The van der Waals surface area contributed by atoms with E-state index >= 15 is 0 Å². The van der Waals surface area contributed by atoms with Crippen molar-refractivity contribution in [3.05, 3.63) is 125 Å². The number of benzene rings is 2. The number of amides is 2. The molecule has 1 saturated heterocycles. The number of likely N-dealkylation sites (tertiary alicyclic amines) is 1. The molecule has 2 fully saturated rings. The smallest absolute Gasteiger partial charge is 0.274 e. The minimum Gasteiger partial charge on any atom is -0.348 e. The lowest BCUT2D eigenvalue weighted by molar-refractivity contribution is 0.0717. The summed E-state index contributed by atoms with van der Waals surface area (Å²) in [5.41, 5.74) is 5.85. The fourth-order valence-electron chi connectivity index (χ4n) is 8.26. The maximum absolute atomic E-state index is 13.4. The van der Waals surface area contributed by atoms with E-state index in [-0.39, 0.29) is 17.9 Å². The van der Waals surface area contributed by atoms with Crippen LogP contribution < -0.4 is 5.32 Å². The van der Waals surface area contributed by atoms with Gasteiger partial charge in [0, 0.05) is 50.1 Å². The van der Waals surface area contributed by atoms with E-state index in [4.69, 9.17) is 56.6 Å².